The van der Waals surface area contributed by atoms with E-state index >= 15 is 0 Å². The Balaban J connectivity index is 2.94. The van der Waals surface area contributed by atoms with E-state index < -0.39 is 0 Å². The van der Waals surface area contributed by atoms with Crippen molar-refractivity contribution in [2.24, 2.45) is 5.73 Å². The molecular formula is C14H28N4O. The van der Waals surface area contributed by atoms with Crippen LogP contribution in [0.15, 0.2) is 12.5 Å². The van der Waals surface area contributed by atoms with Crippen molar-refractivity contribution in [3.05, 3.63) is 18.2 Å². The number of hydrogen-bond donors (Lipinski definition) is 1. The maximum absolute atomic E-state index is 6.03. The number of aryl methyl sites for hydroxylation is 1. The van der Waals surface area contributed by atoms with Crippen LogP contribution in [0.25, 0.3) is 0 Å². The van der Waals surface area contributed by atoms with Gasteiger partial charge in [-0.25, -0.2) is 4.98 Å². The van der Waals surface area contributed by atoms with E-state index in [0.29, 0.717) is 12.6 Å². The number of methoxy groups -OCH3 is 1. The quantitative estimate of drug-likeness (QED) is 0.740. The minimum Gasteiger partial charge on any atom is -0.383 e. The van der Waals surface area contributed by atoms with Crippen LogP contribution in [0.2, 0.25) is 0 Å². The molecule has 0 radical (unpaired) electrons. The second-order valence-corrected chi connectivity index (χ2v) is 4.84. The van der Waals surface area contributed by atoms with Crippen LogP contribution in [0.4, 0.5) is 0 Å². The third-order valence-corrected chi connectivity index (χ3v) is 3.76. The molecule has 1 rings (SSSR count). The summed E-state index contributed by atoms with van der Waals surface area (Å²) in [4.78, 5) is 6.68. The molecule has 2 unspecified atom stereocenters. The lowest BCUT2D eigenvalue weighted by Crippen LogP contribution is -2.42. The average molecular weight is 268 g/mol. The lowest BCUT2D eigenvalue weighted by molar-refractivity contribution is 0.0873. The Morgan fingerprint density at radius 1 is 1.47 bits per heavy atom. The van der Waals surface area contributed by atoms with Crippen LogP contribution in [-0.2, 0) is 11.3 Å². The molecule has 0 spiro atoms. The van der Waals surface area contributed by atoms with Crippen molar-refractivity contribution in [3.63, 3.8) is 0 Å². The van der Waals surface area contributed by atoms with Crippen LogP contribution in [0.5, 0.6) is 0 Å². The standard InChI is InChI=1S/C14H28N4O/c1-5-12(3)18(7-8-19-4)13(9-15)14-10-16-11-17(14)6-2/h10-13H,5-9,15H2,1-4H3. The molecule has 5 heteroatoms. The molecule has 0 saturated carbocycles. The average Bonchev–Trinajstić information content (AvgIpc) is 2.90. The van der Waals surface area contributed by atoms with E-state index in [1.165, 1.54) is 5.69 Å². The first-order chi connectivity index (χ1) is 9.19. The molecule has 2 atom stereocenters. The van der Waals surface area contributed by atoms with Crippen LogP contribution >= 0.6 is 0 Å². The molecule has 1 aromatic rings. The number of hydrogen-bond acceptors (Lipinski definition) is 4. The lowest BCUT2D eigenvalue weighted by Gasteiger charge is -2.35. The summed E-state index contributed by atoms with van der Waals surface area (Å²) in [5, 5.41) is 0. The van der Waals surface area contributed by atoms with E-state index in [4.69, 9.17) is 10.5 Å². The van der Waals surface area contributed by atoms with Gasteiger partial charge in [0.25, 0.3) is 0 Å². The van der Waals surface area contributed by atoms with Crippen molar-refractivity contribution < 1.29 is 4.74 Å². The van der Waals surface area contributed by atoms with Gasteiger partial charge >= 0.3 is 0 Å². The van der Waals surface area contributed by atoms with Gasteiger partial charge in [0.15, 0.2) is 0 Å². The van der Waals surface area contributed by atoms with E-state index in [-0.39, 0.29) is 6.04 Å². The zero-order chi connectivity index (χ0) is 14.3. The summed E-state index contributed by atoms with van der Waals surface area (Å²) in [5.74, 6) is 0. The topological polar surface area (TPSA) is 56.3 Å². The molecule has 0 saturated heterocycles. The molecule has 1 aromatic heterocycles. The van der Waals surface area contributed by atoms with Crippen molar-refractivity contribution in [1.82, 2.24) is 14.5 Å². The number of aromatic nitrogens is 2. The molecule has 0 bridgehead atoms. The van der Waals surface area contributed by atoms with Gasteiger partial charge in [0.05, 0.1) is 24.7 Å². The van der Waals surface area contributed by atoms with Crippen LogP contribution < -0.4 is 5.73 Å². The summed E-state index contributed by atoms with van der Waals surface area (Å²) >= 11 is 0. The Morgan fingerprint density at radius 3 is 2.74 bits per heavy atom. The van der Waals surface area contributed by atoms with Gasteiger partial charge in [0, 0.05) is 39.0 Å². The molecule has 110 valence electrons. The Labute approximate surface area is 116 Å². The molecule has 0 fully saturated rings. The monoisotopic (exact) mass is 268 g/mol. The van der Waals surface area contributed by atoms with Crippen LogP contribution in [-0.4, -0.2) is 47.3 Å². The summed E-state index contributed by atoms with van der Waals surface area (Å²) in [6.45, 7) is 9.70. The molecule has 0 amide bonds. The minimum absolute atomic E-state index is 0.201. The molecule has 0 aliphatic carbocycles. The third kappa shape index (κ3) is 4.03. The van der Waals surface area contributed by atoms with Crippen molar-refractivity contribution in [2.45, 2.75) is 45.8 Å². The van der Waals surface area contributed by atoms with Crippen LogP contribution in [0, 0.1) is 0 Å². The van der Waals surface area contributed by atoms with Crippen molar-refractivity contribution in [2.75, 3.05) is 26.8 Å². The fourth-order valence-electron chi connectivity index (χ4n) is 2.41. The largest absolute Gasteiger partial charge is 0.383 e. The SMILES string of the molecule is CCC(C)N(CCOC)C(CN)c1cncn1CC. The van der Waals surface area contributed by atoms with Gasteiger partial charge in [-0.15, -0.1) is 0 Å². The maximum atomic E-state index is 6.03. The van der Waals surface area contributed by atoms with Crippen molar-refractivity contribution in [1.29, 1.82) is 0 Å². The normalized spacial score (nSPS) is 14.8. The fourth-order valence-corrected chi connectivity index (χ4v) is 2.41. The fraction of sp³-hybridized carbons (Fsp3) is 0.786. The molecule has 0 aliphatic heterocycles. The molecule has 0 aliphatic rings. The van der Waals surface area contributed by atoms with E-state index in [1.807, 2.05) is 12.5 Å². The van der Waals surface area contributed by atoms with Gasteiger partial charge in [0.2, 0.25) is 0 Å². The van der Waals surface area contributed by atoms with Gasteiger partial charge in [-0.2, -0.15) is 0 Å². The summed E-state index contributed by atoms with van der Waals surface area (Å²) in [7, 11) is 1.74. The molecule has 19 heavy (non-hydrogen) atoms. The highest BCUT2D eigenvalue weighted by molar-refractivity contribution is 5.07. The van der Waals surface area contributed by atoms with E-state index in [0.717, 1.165) is 26.1 Å². The zero-order valence-corrected chi connectivity index (χ0v) is 12.7. The van der Waals surface area contributed by atoms with Crippen LogP contribution in [0.1, 0.15) is 38.9 Å². The first kappa shape index (κ1) is 16.1. The van der Waals surface area contributed by atoms with Gasteiger partial charge in [0.1, 0.15) is 0 Å². The number of nitrogens with two attached hydrogens (primary N) is 1. The molecule has 0 aromatic carbocycles. The zero-order valence-electron chi connectivity index (χ0n) is 12.7. The molecule has 1 heterocycles. The first-order valence-electron chi connectivity index (χ1n) is 7.14. The van der Waals surface area contributed by atoms with E-state index in [9.17, 15) is 0 Å². The Kier molecular flexibility index (Phi) is 7.05. The summed E-state index contributed by atoms with van der Waals surface area (Å²) in [6, 6.07) is 0.677. The lowest BCUT2D eigenvalue weighted by atomic mass is 10.1. The van der Waals surface area contributed by atoms with Gasteiger partial charge in [-0.1, -0.05) is 6.92 Å². The van der Waals surface area contributed by atoms with Crippen molar-refractivity contribution in [3.8, 4) is 0 Å². The van der Waals surface area contributed by atoms with Gasteiger partial charge < -0.3 is 15.0 Å². The molecule has 5 nitrogen and oxygen atoms in total. The second kappa shape index (κ2) is 8.30. The Bertz CT molecular complexity index is 353. The highest BCUT2D eigenvalue weighted by Crippen LogP contribution is 2.23. The highest BCUT2D eigenvalue weighted by atomic mass is 16.5. The third-order valence-electron chi connectivity index (χ3n) is 3.76. The second-order valence-electron chi connectivity index (χ2n) is 4.84. The number of rotatable bonds is 9. The summed E-state index contributed by atoms with van der Waals surface area (Å²) in [6.07, 6.45) is 4.91. The maximum Gasteiger partial charge on any atom is 0.0948 e. The van der Waals surface area contributed by atoms with Gasteiger partial charge in [-0.05, 0) is 20.3 Å². The Morgan fingerprint density at radius 2 is 2.21 bits per heavy atom. The predicted molar refractivity (Wildman–Crippen MR) is 78.0 cm³/mol. The van der Waals surface area contributed by atoms with Crippen molar-refractivity contribution >= 4 is 0 Å². The Hall–Kier alpha value is -0.910. The molecular weight excluding hydrogens is 240 g/mol. The smallest absolute Gasteiger partial charge is 0.0948 e. The number of nitrogens with zero attached hydrogens (tertiary/aromatic N) is 3. The van der Waals surface area contributed by atoms with Crippen LogP contribution in [0.3, 0.4) is 0 Å². The van der Waals surface area contributed by atoms with E-state index in [2.05, 4.69) is 35.2 Å². The first-order valence-corrected chi connectivity index (χ1v) is 7.14. The van der Waals surface area contributed by atoms with E-state index in [1.54, 1.807) is 7.11 Å². The number of imidazole rings is 1. The molecule has 2 N–H and O–H groups in total. The summed E-state index contributed by atoms with van der Waals surface area (Å²) < 4.78 is 7.40. The number of ether oxygens (including phenoxy) is 1. The highest BCUT2D eigenvalue weighted by Gasteiger charge is 2.25. The minimum atomic E-state index is 0.201. The summed E-state index contributed by atoms with van der Waals surface area (Å²) in [5.41, 5.74) is 7.22. The van der Waals surface area contributed by atoms with Gasteiger partial charge in [-0.3, -0.25) is 4.90 Å². The predicted octanol–water partition coefficient (Wildman–Crippen LogP) is 1.65.